The molecule has 226 valence electrons. The Balaban J connectivity index is 2.61. The van der Waals surface area contributed by atoms with Crippen molar-refractivity contribution in [2.45, 2.75) is 111 Å². The Labute approximate surface area is 245 Å². The molecular weight excluding hydrogens is 518 g/mol. The second-order valence-corrected chi connectivity index (χ2v) is 11.9. The van der Waals surface area contributed by atoms with Crippen molar-refractivity contribution >= 4 is 17.9 Å². The lowest BCUT2D eigenvalue weighted by Gasteiger charge is -2.36. The topological polar surface area (TPSA) is 108 Å². The molecule has 3 amide bonds. The molecule has 0 aliphatic rings. The van der Waals surface area contributed by atoms with Crippen LogP contribution in [0.25, 0.3) is 0 Å². The van der Waals surface area contributed by atoms with Crippen molar-refractivity contribution in [3.8, 4) is 5.75 Å². The van der Waals surface area contributed by atoms with Gasteiger partial charge in [-0.25, -0.2) is 4.79 Å². The molecule has 0 radical (unpaired) electrons. The number of phenolic OH excluding ortho intramolecular Hbond substituents is 1. The van der Waals surface area contributed by atoms with Crippen molar-refractivity contribution in [3.05, 3.63) is 64.7 Å². The maximum absolute atomic E-state index is 14.5. The summed E-state index contributed by atoms with van der Waals surface area (Å²) >= 11 is 0. The number of carbonyl (C=O) groups is 3. The molecule has 8 nitrogen and oxygen atoms in total. The third-order valence-corrected chi connectivity index (χ3v) is 6.80. The number of benzene rings is 2. The Bertz CT molecular complexity index is 1160. The van der Waals surface area contributed by atoms with Gasteiger partial charge in [-0.1, -0.05) is 62.6 Å². The van der Waals surface area contributed by atoms with Gasteiger partial charge in [0.15, 0.2) is 0 Å². The number of unbranched alkanes of at least 4 members (excludes halogenated alkanes) is 1. The van der Waals surface area contributed by atoms with E-state index in [1.807, 2.05) is 45.9 Å². The van der Waals surface area contributed by atoms with E-state index < -0.39 is 23.8 Å². The summed E-state index contributed by atoms with van der Waals surface area (Å²) in [5.74, 6) is -0.513. The number of ether oxygens (including phenoxy) is 1. The molecule has 0 saturated heterocycles. The van der Waals surface area contributed by atoms with Crippen LogP contribution in [0, 0.1) is 13.8 Å². The summed E-state index contributed by atoms with van der Waals surface area (Å²) in [4.78, 5) is 43.0. The molecule has 0 bridgehead atoms. The van der Waals surface area contributed by atoms with Gasteiger partial charge >= 0.3 is 6.09 Å². The second-order valence-electron chi connectivity index (χ2n) is 11.9. The highest BCUT2D eigenvalue weighted by Crippen LogP contribution is 2.28. The van der Waals surface area contributed by atoms with Gasteiger partial charge in [0.25, 0.3) is 0 Å². The first-order chi connectivity index (χ1) is 19.2. The SMILES string of the molecule is CCCCN(C(=O)C(Cc1ccc(O)cc1)NC(=O)OC(C)(C)C)C(C(=O)NC(C)CCC)c1cc(C)ccc1C. The first-order valence-electron chi connectivity index (χ1n) is 14.7. The van der Waals surface area contributed by atoms with Gasteiger partial charge in [0.2, 0.25) is 11.8 Å². The third-order valence-electron chi connectivity index (χ3n) is 6.80. The summed E-state index contributed by atoms with van der Waals surface area (Å²) < 4.78 is 5.50. The van der Waals surface area contributed by atoms with E-state index in [4.69, 9.17) is 4.74 Å². The molecule has 3 atom stereocenters. The van der Waals surface area contributed by atoms with E-state index >= 15 is 0 Å². The van der Waals surface area contributed by atoms with Crippen molar-refractivity contribution in [2.24, 2.45) is 0 Å². The third kappa shape index (κ3) is 10.7. The summed E-state index contributed by atoms with van der Waals surface area (Å²) in [7, 11) is 0. The van der Waals surface area contributed by atoms with Crippen LogP contribution in [0.3, 0.4) is 0 Å². The Morgan fingerprint density at radius 2 is 1.63 bits per heavy atom. The monoisotopic (exact) mass is 567 g/mol. The molecule has 3 N–H and O–H groups in total. The molecule has 0 aromatic heterocycles. The van der Waals surface area contributed by atoms with Gasteiger partial charge in [0, 0.05) is 19.0 Å². The zero-order chi connectivity index (χ0) is 30.7. The minimum atomic E-state index is -1.00. The van der Waals surface area contributed by atoms with Gasteiger partial charge in [-0.3, -0.25) is 9.59 Å². The first-order valence-corrected chi connectivity index (χ1v) is 14.7. The number of aromatic hydroxyl groups is 1. The lowest BCUT2D eigenvalue weighted by Crippen LogP contribution is -2.54. The number of carbonyl (C=O) groups excluding carboxylic acids is 3. The molecule has 0 aliphatic heterocycles. The smallest absolute Gasteiger partial charge is 0.408 e. The molecule has 0 heterocycles. The number of amides is 3. The standard InChI is InChI=1S/C33H49N3O5/c1-9-11-19-36(29(30(38)34-24(5)12-10-2)27-20-22(3)13-14-23(27)4)31(39)28(35-32(40)41-33(6,7)8)21-25-15-17-26(37)18-16-25/h13-18,20,24,28-29,37H,9-12,19,21H2,1-8H3,(H,34,38)(H,35,40). The van der Waals surface area contributed by atoms with Crippen LogP contribution in [-0.2, 0) is 20.7 Å². The molecule has 2 aromatic rings. The van der Waals surface area contributed by atoms with Crippen LogP contribution in [0.2, 0.25) is 0 Å². The molecule has 2 aromatic carbocycles. The minimum absolute atomic E-state index is 0.0593. The van der Waals surface area contributed by atoms with Crippen LogP contribution < -0.4 is 10.6 Å². The minimum Gasteiger partial charge on any atom is -0.508 e. The quantitative estimate of drug-likeness (QED) is 0.270. The van der Waals surface area contributed by atoms with Gasteiger partial charge in [-0.15, -0.1) is 0 Å². The average Bonchev–Trinajstić information content (AvgIpc) is 2.87. The lowest BCUT2D eigenvalue weighted by molar-refractivity contribution is -0.142. The zero-order valence-corrected chi connectivity index (χ0v) is 26.0. The van der Waals surface area contributed by atoms with E-state index in [1.165, 1.54) is 0 Å². The predicted octanol–water partition coefficient (Wildman–Crippen LogP) is 6.12. The Morgan fingerprint density at radius 3 is 2.22 bits per heavy atom. The average molecular weight is 568 g/mol. The van der Waals surface area contributed by atoms with Crippen molar-refractivity contribution in [3.63, 3.8) is 0 Å². The number of nitrogens with one attached hydrogen (secondary N) is 2. The van der Waals surface area contributed by atoms with Gasteiger partial charge in [0.05, 0.1) is 0 Å². The molecule has 0 aliphatic carbocycles. The van der Waals surface area contributed by atoms with E-state index in [1.54, 1.807) is 49.9 Å². The van der Waals surface area contributed by atoms with Crippen LogP contribution in [0.15, 0.2) is 42.5 Å². The van der Waals surface area contributed by atoms with Crippen molar-refractivity contribution in [1.82, 2.24) is 15.5 Å². The largest absolute Gasteiger partial charge is 0.508 e. The molecular formula is C33H49N3O5. The fourth-order valence-corrected chi connectivity index (χ4v) is 4.74. The number of hydrogen-bond acceptors (Lipinski definition) is 5. The van der Waals surface area contributed by atoms with Crippen LogP contribution in [0.1, 0.15) is 95.5 Å². The molecule has 2 rings (SSSR count). The normalized spacial score (nSPS) is 13.6. The van der Waals surface area contributed by atoms with Gasteiger partial charge < -0.3 is 25.4 Å². The summed E-state index contributed by atoms with van der Waals surface area (Å²) in [6.07, 6.45) is 2.69. The lowest BCUT2D eigenvalue weighted by atomic mass is 9.95. The highest BCUT2D eigenvalue weighted by molar-refractivity contribution is 5.92. The van der Waals surface area contributed by atoms with E-state index in [0.717, 1.165) is 41.5 Å². The van der Waals surface area contributed by atoms with Gasteiger partial charge in [-0.2, -0.15) is 0 Å². The van der Waals surface area contributed by atoms with E-state index in [0.29, 0.717) is 13.0 Å². The van der Waals surface area contributed by atoms with E-state index in [9.17, 15) is 19.5 Å². The highest BCUT2D eigenvalue weighted by Gasteiger charge is 2.37. The molecule has 0 saturated carbocycles. The van der Waals surface area contributed by atoms with Gasteiger partial charge in [-0.05, 0) is 83.2 Å². The number of alkyl carbamates (subject to hydrolysis) is 1. The van der Waals surface area contributed by atoms with Crippen molar-refractivity contribution in [1.29, 1.82) is 0 Å². The maximum atomic E-state index is 14.5. The zero-order valence-electron chi connectivity index (χ0n) is 26.0. The number of rotatable bonds is 13. The molecule has 0 spiro atoms. The Hall–Kier alpha value is -3.55. The highest BCUT2D eigenvalue weighted by atomic mass is 16.6. The van der Waals surface area contributed by atoms with Crippen LogP contribution in [0.4, 0.5) is 4.79 Å². The number of aryl methyl sites for hydroxylation is 2. The summed E-state index contributed by atoms with van der Waals surface area (Å²) in [5, 5.41) is 15.7. The van der Waals surface area contributed by atoms with Crippen LogP contribution >= 0.6 is 0 Å². The van der Waals surface area contributed by atoms with Crippen molar-refractivity contribution in [2.75, 3.05) is 6.54 Å². The van der Waals surface area contributed by atoms with E-state index in [-0.39, 0.29) is 30.0 Å². The van der Waals surface area contributed by atoms with Crippen LogP contribution in [-0.4, -0.2) is 52.1 Å². The molecule has 3 unspecified atom stereocenters. The first kappa shape index (κ1) is 33.7. The maximum Gasteiger partial charge on any atom is 0.408 e. The predicted molar refractivity (Wildman–Crippen MR) is 163 cm³/mol. The number of phenols is 1. The molecule has 41 heavy (non-hydrogen) atoms. The Kier molecular flexibility index (Phi) is 12.7. The molecule has 0 fully saturated rings. The van der Waals surface area contributed by atoms with Crippen LogP contribution in [0.5, 0.6) is 5.75 Å². The number of hydrogen-bond donors (Lipinski definition) is 3. The fourth-order valence-electron chi connectivity index (χ4n) is 4.74. The fraction of sp³-hybridized carbons (Fsp3) is 0.545. The Morgan fingerprint density at radius 1 is 0.976 bits per heavy atom. The summed E-state index contributed by atoms with van der Waals surface area (Å²) in [6, 6.07) is 10.5. The van der Waals surface area contributed by atoms with Crippen molar-refractivity contribution < 1.29 is 24.2 Å². The summed E-state index contributed by atoms with van der Waals surface area (Å²) in [5.41, 5.74) is 2.64. The second kappa shape index (κ2) is 15.5. The van der Waals surface area contributed by atoms with Gasteiger partial charge in [0.1, 0.15) is 23.4 Å². The molecule has 8 heteroatoms. The van der Waals surface area contributed by atoms with E-state index in [2.05, 4.69) is 17.6 Å². The number of nitrogens with zero attached hydrogens (tertiary/aromatic N) is 1. The summed E-state index contributed by atoms with van der Waals surface area (Å²) in [6.45, 7) is 15.6.